The van der Waals surface area contributed by atoms with Crippen LogP contribution in [0.3, 0.4) is 0 Å². The molecule has 10 aromatic heterocycles. The van der Waals surface area contributed by atoms with Gasteiger partial charge in [-0.05, 0) is 237 Å². The van der Waals surface area contributed by atoms with E-state index in [0.29, 0.717) is 88.6 Å². The number of ether oxygens (including phenoxy) is 10. The van der Waals surface area contributed by atoms with Gasteiger partial charge in [-0.25, -0.2) is 29.9 Å². The van der Waals surface area contributed by atoms with Gasteiger partial charge in [-0.1, -0.05) is 24.3 Å². The molecule has 0 radical (unpaired) electrons. The normalized spacial score (nSPS) is 18.3. The lowest BCUT2D eigenvalue weighted by Crippen LogP contribution is -2.28. The van der Waals surface area contributed by atoms with Crippen LogP contribution in [0.25, 0.3) is 53.9 Å². The Balaban J connectivity index is 0.000000102. The fraction of sp³-hybridized carbons (Fsp3) is 0.302. The molecule has 31 heteroatoms. The van der Waals surface area contributed by atoms with Crippen molar-refractivity contribution in [3.05, 3.63) is 294 Å². The zero-order valence-corrected chi connectivity index (χ0v) is 75.7. The number of aliphatic imine (C=N–C) groups is 5. The first kappa shape index (κ1) is 88.6. The lowest BCUT2D eigenvalue weighted by atomic mass is 10.1. The number of amidine groups is 5. The Hall–Kier alpha value is -15.0. The number of anilines is 5. The minimum atomic E-state index is 0.0741. The molecule has 0 saturated carbocycles. The van der Waals surface area contributed by atoms with Gasteiger partial charge in [0, 0.05) is 185 Å². The average Bonchev–Trinajstić information content (AvgIpc) is 1.78. The number of aromatic nitrogens is 11. The number of fused-ring (bicyclic) bond motifs is 10. The average molecular weight is 1830 g/mol. The third-order valence-electron chi connectivity index (χ3n) is 25.0. The molecule has 10 aliphatic heterocycles. The summed E-state index contributed by atoms with van der Waals surface area (Å²) >= 11 is 0. The highest BCUT2D eigenvalue weighted by atomic mass is 16.6. The van der Waals surface area contributed by atoms with E-state index in [0.717, 1.165) is 272 Å². The number of hydrogen-bond donors (Lipinski definition) is 5. The Labute approximate surface area is 791 Å². The molecule has 10 aliphatic rings. The third kappa shape index (κ3) is 21.5. The first-order valence-electron chi connectivity index (χ1n) is 47.1. The van der Waals surface area contributed by atoms with Crippen LogP contribution in [0, 0.1) is 0 Å². The summed E-state index contributed by atoms with van der Waals surface area (Å²) < 4.78 is 58.2. The highest BCUT2D eigenvalue weighted by molar-refractivity contribution is 6.14. The van der Waals surface area contributed by atoms with Crippen molar-refractivity contribution in [3.8, 4) is 29.4 Å². The number of hydrogen-bond acceptors (Lipinski definition) is 31. The van der Waals surface area contributed by atoms with E-state index in [4.69, 9.17) is 47.4 Å². The number of benzene rings is 5. The van der Waals surface area contributed by atoms with Gasteiger partial charge in [0.1, 0.15) is 60.0 Å². The van der Waals surface area contributed by atoms with Crippen molar-refractivity contribution in [2.24, 2.45) is 25.0 Å². The monoisotopic (exact) mass is 1830 g/mol. The summed E-state index contributed by atoms with van der Waals surface area (Å²) in [5, 5.41) is 27.3. The smallest absolute Gasteiger partial charge is 0.221 e. The molecule has 5 saturated heterocycles. The van der Waals surface area contributed by atoms with Crippen LogP contribution in [-0.2, 0) is 56.4 Å². The molecule has 5 N–H and O–H groups in total. The van der Waals surface area contributed by atoms with Crippen molar-refractivity contribution in [2.75, 3.05) is 92.7 Å². The fourth-order valence-electron chi connectivity index (χ4n) is 17.9. The van der Waals surface area contributed by atoms with Gasteiger partial charge in [-0.2, -0.15) is 0 Å². The van der Waals surface area contributed by atoms with Crippen LogP contribution in [0.4, 0.5) is 28.4 Å². The summed E-state index contributed by atoms with van der Waals surface area (Å²) in [7, 11) is 0. The summed E-state index contributed by atoms with van der Waals surface area (Å²) in [5.41, 5.74) is 14.8. The van der Waals surface area contributed by atoms with E-state index in [9.17, 15) is 0 Å². The van der Waals surface area contributed by atoms with E-state index in [1.807, 2.05) is 115 Å². The molecule has 15 aromatic rings. The predicted octanol–water partition coefficient (Wildman–Crippen LogP) is 18.0. The molecule has 5 aromatic carbocycles. The topological polar surface area (TPSA) is 356 Å². The highest BCUT2D eigenvalue weighted by Gasteiger charge is 2.28. The van der Waals surface area contributed by atoms with Gasteiger partial charge in [0.25, 0.3) is 0 Å². The van der Waals surface area contributed by atoms with Crippen LogP contribution in [-0.4, -0.2) is 181 Å². The van der Waals surface area contributed by atoms with Crippen molar-refractivity contribution in [3.63, 3.8) is 0 Å². The van der Waals surface area contributed by atoms with Crippen molar-refractivity contribution in [2.45, 2.75) is 140 Å². The van der Waals surface area contributed by atoms with Gasteiger partial charge < -0.3 is 74.0 Å². The summed E-state index contributed by atoms with van der Waals surface area (Å²) in [6.07, 6.45) is 32.8. The third-order valence-corrected chi connectivity index (χ3v) is 25.0. The van der Waals surface area contributed by atoms with Crippen LogP contribution in [0.1, 0.15) is 133 Å². The summed E-state index contributed by atoms with van der Waals surface area (Å²) in [4.78, 5) is 71.4. The van der Waals surface area contributed by atoms with Gasteiger partial charge in [0.05, 0.1) is 77.1 Å². The standard InChI is InChI=1S/C22H22N4O2.C21H21N5O2.3C21H20N4O2/c1-2-11-27-18(5-1)14-28-22-19-7-6-17(12-15(19)8-10-24-22)26-21-20-16(13-25-21)4-3-9-23-20;1-2-10-27-16(3-1)13-28-21-17-5-4-15(11-14(17)6-7-24-21)26-20-19-18(12-25-20)22-8-9-23-19;2*1-3-15-12-24-20(19(15)22-8-1)25-16-5-6-18-14(11-16)7-9-23-21(18)27-17-4-2-10-26-13-17;1-2-15-13-24-20(19(15)22-8-1)25-16-3-4-18-14(12-16)5-9-23-21(18)27-17-6-10-26-11-7-17/h3-4,6-10,12,18H,1-2,5,11,13-14H2,(H,25,26);4-9,11,16H,1-3,10,12-13H2,(H,25,26);2*1,3,5-9,11,17H,2,4,10,12-13H2,(H,24,25);1-5,8-9,12,17H,6-7,10-11,13H2,(H,24,25)/t;;2*17-;/m..10./s1. The van der Waals surface area contributed by atoms with E-state index < -0.39 is 0 Å². The molecule has 25 rings (SSSR count). The van der Waals surface area contributed by atoms with E-state index in [2.05, 4.69) is 161 Å². The molecular formula is C106H103N21O10. The van der Waals surface area contributed by atoms with Gasteiger partial charge in [-0.15, -0.1) is 0 Å². The second-order valence-electron chi connectivity index (χ2n) is 34.5. The van der Waals surface area contributed by atoms with Crippen LogP contribution >= 0.6 is 0 Å². The zero-order chi connectivity index (χ0) is 91.7. The molecule has 692 valence electrons. The fourth-order valence-corrected chi connectivity index (χ4v) is 17.9. The van der Waals surface area contributed by atoms with Crippen LogP contribution in [0.5, 0.6) is 29.4 Å². The first-order chi connectivity index (χ1) is 67.8. The Kier molecular flexibility index (Phi) is 27.6. The lowest BCUT2D eigenvalue weighted by molar-refractivity contribution is -0.0116. The molecule has 31 nitrogen and oxygen atoms in total. The van der Waals surface area contributed by atoms with Crippen molar-refractivity contribution in [1.82, 2.24) is 54.8 Å². The van der Waals surface area contributed by atoms with Crippen molar-refractivity contribution in [1.29, 1.82) is 0 Å². The summed E-state index contributed by atoms with van der Waals surface area (Å²) in [5.74, 6) is 7.34. The molecule has 0 aliphatic carbocycles. The number of pyridine rings is 9. The van der Waals surface area contributed by atoms with Crippen LogP contribution in [0.2, 0.25) is 0 Å². The second kappa shape index (κ2) is 42.7. The molecule has 20 heterocycles. The second-order valence-corrected chi connectivity index (χ2v) is 34.5. The van der Waals surface area contributed by atoms with Crippen molar-refractivity contribution >= 4 is 111 Å². The Morgan fingerprint density at radius 3 is 0.942 bits per heavy atom. The largest absolute Gasteiger partial charge is 0.474 e. The van der Waals surface area contributed by atoms with Crippen molar-refractivity contribution < 1.29 is 47.4 Å². The van der Waals surface area contributed by atoms with Gasteiger partial charge in [0.15, 0.2) is 29.2 Å². The molecule has 0 amide bonds. The number of nitrogens with zero attached hydrogens (tertiary/aromatic N) is 16. The highest BCUT2D eigenvalue weighted by Crippen LogP contribution is 2.37. The summed E-state index contributed by atoms with van der Waals surface area (Å²) in [6.45, 7) is 10.4. The van der Waals surface area contributed by atoms with Gasteiger partial charge in [0.2, 0.25) is 29.4 Å². The maximum absolute atomic E-state index is 6.14. The Morgan fingerprint density at radius 1 is 0.263 bits per heavy atom. The molecule has 2 unspecified atom stereocenters. The minimum absolute atomic E-state index is 0.0741. The molecule has 4 atom stereocenters. The molecule has 137 heavy (non-hydrogen) atoms. The molecule has 5 fully saturated rings. The van der Waals surface area contributed by atoms with Crippen LogP contribution < -0.4 is 50.3 Å². The maximum atomic E-state index is 6.14. The van der Waals surface area contributed by atoms with E-state index in [1.165, 1.54) is 12.8 Å². The Bertz CT molecular complexity index is 6460. The van der Waals surface area contributed by atoms with E-state index >= 15 is 0 Å². The van der Waals surface area contributed by atoms with Gasteiger partial charge >= 0.3 is 0 Å². The molecule has 0 bridgehead atoms. The lowest BCUT2D eigenvalue weighted by Gasteiger charge is -2.23. The SMILES string of the molecule is c1cnc2c(c1)CN=C2Nc1ccc2c(OC3CCOCC3)nccc2c1.c1cnc2c(c1)CN=C2Nc1ccc2c(OCC3CCCCO3)nccc2c1.c1cnc2c(c1)CN=C2Nc1ccc2c(O[C@@H]3CCCOC3)nccc2c1.c1cnc2c(c1)CN=C2Nc1ccc2c(O[C@H]3CCCOC3)nccc2c1.c1cnc2c(n1)CN=C2Nc1ccc2c(OCC3CCCCO3)nccc2c1. The summed E-state index contributed by atoms with van der Waals surface area (Å²) in [6, 6.07) is 56.7. The zero-order valence-electron chi connectivity index (χ0n) is 75.7. The van der Waals surface area contributed by atoms with Crippen LogP contribution in [0.15, 0.2) is 263 Å². The molecule has 0 spiro atoms. The molecular weight excluding hydrogens is 1730 g/mol. The minimum Gasteiger partial charge on any atom is -0.474 e. The van der Waals surface area contributed by atoms with E-state index in [-0.39, 0.29) is 30.5 Å². The maximum Gasteiger partial charge on any atom is 0.221 e. The number of rotatable bonds is 17. The Morgan fingerprint density at radius 2 is 0.591 bits per heavy atom. The predicted molar refractivity (Wildman–Crippen MR) is 529 cm³/mol. The number of nitrogens with one attached hydrogen (secondary N) is 5. The first-order valence-corrected chi connectivity index (χ1v) is 47.1. The van der Waals surface area contributed by atoms with Gasteiger partial charge in [-0.3, -0.25) is 49.9 Å². The quantitative estimate of drug-likeness (QED) is 0.0565. The van der Waals surface area contributed by atoms with E-state index in [1.54, 1.807) is 68.2 Å².